The van der Waals surface area contributed by atoms with Crippen molar-refractivity contribution < 1.29 is 9.84 Å². The van der Waals surface area contributed by atoms with Crippen LogP contribution in [0.4, 0.5) is 0 Å². The van der Waals surface area contributed by atoms with Crippen LogP contribution in [0.25, 0.3) is 0 Å². The van der Waals surface area contributed by atoms with E-state index in [9.17, 15) is 0 Å². The van der Waals surface area contributed by atoms with Crippen LogP contribution in [0.1, 0.15) is 36.5 Å². The number of ether oxygens (including phenoxy) is 1. The van der Waals surface area contributed by atoms with Gasteiger partial charge < -0.3 is 9.84 Å². The van der Waals surface area contributed by atoms with Crippen molar-refractivity contribution in [3.05, 3.63) is 27.8 Å². The normalized spacial score (nSPS) is 10.9. The summed E-state index contributed by atoms with van der Waals surface area (Å²) in [6.45, 7) is 6.27. The van der Waals surface area contributed by atoms with E-state index < -0.39 is 0 Å². The molecular weight excluding hydrogens is 224 g/mol. The van der Waals surface area contributed by atoms with Crippen molar-refractivity contribution in [2.75, 3.05) is 13.7 Å². The SMILES string of the molecule is COc1c(C(C)C)cc(Cl)c(C)c1CCO. The minimum atomic E-state index is 0.106. The van der Waals surface area contributed by atoms with Crippen molar-refractivity contribution in [2.24, 2.45) is 0 Å². The van der Waals surface area contributed by atoms with E-state index in [1.165, 1.54) is 0 Å². The maximum absolute atomic E-state index is 9.09. The largest absolute Gasteiger partial charge is 0.496 e. The minimum absolute atomic E-state index is 0.106. The Labute approximate surface area is 102 Å². The fourth-order valence-electron chi connectivity index (χ4n) is 1.88. The van der Waals surface area contributed by atoms with Crippen LogP contribution < -0.4 is 4.74 Å². The van der Waals surface area contributed by atoms with Crippen LogP contribution in [-0.4, -0.2) is 18.8 Å². The van der Waals surface area contributed by atoms with E-state index in [4.69, 9.17) is 21.4 Å². The summed E-state index contributed by atoms with van der Waals surface area (Å²) in [6.07, 6.45) is 0.579. The average Bonchev–Trinajstić information content (AvgIpc) is 2.24. The van der Waals surface area contributed by atoms with Crippen LogP contribution in [0.3, 0.4) is 0 Å². The topological polar surface area (TPSA) is 29.5 Å². The van der Waals surface area contributed by atoms with Crippen LogP contribution in [0.15, 0.2) is 6.07 Å². The van der Waals surface area contributed by atoms with E-state index in [0.717, 1.165) is 27.5 Å². The Morgan fingerprint density at radius 2 is 2.06 bits per heavy atom. The molecule has 0 radical (unpaired) electrons. The highest BCUT2D eigenvalue weighted by molar-refractivity contribution is 6.31. The zero-order valence-corrected chi connectivity index (χ0v) is 11.1. The summed E-state index contributed by atoms with van der Waals surface area (Å²) in [5.74, 6) is 1.22. The van der Waals surface area contributed by atoms with Crippen LogP contribution >= 0.6 is 11.6 Å². The maximum atomic E-state index is 9.09. The first kappa shape index (κ1) is 13.3. The number of benzene rings is 1. The molecule has 0 aliphatic rings. The lowest BCUT2D eigenvalue weighted by molar-refractivity contribution is 0.296. The average molecular weight is 243 g/mol. The highest BCUT2D eigenvalue weighted by Crippen LogP contribution is 2.36. The van der Waals surface area contributed by atoms with Crippen LogP contribution in [-0.2, 0) is 6.42 Å². The summed E-state index contributed by atoms with van der Waals surface area (Å²) in [7, 11) is 1.66. The molecule has 0 heterocycles. The molecule has 0 aliphatic carbocycles. The van der Waals surface area contributed by atoms with Crippen molar-refractivity contribution in [2.45, 2.75) is 33.1 Å². The molecule has 0 saturated carbocycles. The molecule has 16 heavy (non-hydrogen) atoms. The standard InChI is InChI=1S/C13H19ClO2/c1-8(2)11-7-12(14)9(3)10(5-6-15)13(11)16-4/h7-8,15H,5-6H2,1-4H3. The smallest absolute Gasteiger partial charge is 0.125 e. The molecule has 0 unspecified atom stereocenters. The lowest BCUT2D eigenvalue weighted by atomic mass is 9.94. The number of hydrogen-bond acceptors (Lipinski definition) is 2. The van der Waals surface area contributed by atoms with Gasteiger partial charge in [0.15, 0.2) is 0 Å². The molecule has 1 aromatic rings. The fourth-order valence-corrected chi connectivity index (χ4v) is 2.11. The molecule has 0 aliphatic heterocycles. The first-order valence-corrected chi connectivity index (χ1v) is 5.87. The maximum Gasteiger partial charge on any atom is 0.125 e. The Bertz CT molecular complexity index is 373. The molecule has 0 spiro atoms. The van der Waals surface area contributed by atoms with Gasteiger partial charge in [-0.3, -0.25) is 0 Å². The Kier molecular flexibility index (Phi) is 4.63. The highest BCUT2D eigenvalue weighted by atomic mass is 35.5. The molecule has 3 heteroatoms. The quantitative estimate of drug-likeness (QED) is 0.878. The summed E-state index contributed by atoms with van der Waals surface area (Å²) in [6, 6.07) is 1.96. The van der Waals surface area contributed by atoms with Crippen molar-refractivity contribution in [3.8, 4) is 5.75 Å². The predicted molar refractivity (Wildman–Crippen MR) is 67.6 cm³/mol. The van der Waals surface area contributed by atoms with Gasteiger partial charge >= 0.3 is 0 Å². The van der Waals surface area contributed by atoms with E-state index in [0.29, 0.717) is 12.3 Å². The van der Waals surface area contributed by atoms with Gasteiger partial charge in [0, 0.05) is 17.2 Å². The van der Waals surface area contributed by atoms with Gasteiger partial charge in [0.05, 0.1) is 7.11 Å². The van der Waals surface area contributed by atoms with Crippen LogP contribution in [0.5, 0.6) is 5.75 Å². The Hall–Kier alpha value is -0.730. The second kappa shape index (κ2) is 5.55. The number of aliphatic hydroxyl groups excluding tert-OH is 1. The van der Waals surface area contributed by atoms with Gasteiger partial charge in [-0.15, -0.1) is 0 Å². The predicted octanol–water partition coefficient (Wildman–Crippen LogP) is 3.32. The third-order valence-corrected chi connectivity index (χ3v) is 3.21. The van der Waals surface area contributed by atoms with Gasteiger partial charge in [0.1, 0.15) is 5.75 Å². The van der Waals surface area contributed by atoms with Crippen molar-refractivity contribution in [1.82, 2.24) is 0 Å². The van der Waals surface area contributed by atoms with E-state index in [1.54, 1.807) is 7.11 Å². The number of rotatable bonds is 4. The lowest BCUT2D eigenvalue weighted by Crippen LogP contribution is -2.04. The molecule has 1 rings (SSSR count). The number of aliphatic hydroxyl groups is 1. The lowest BCUT2D eigenvalue weighted by Gasteiger charge is -2.19. The van der Waals surface area contributed by atoms with Gasteiger partial charge in [0.2, 0.25) is 0 Å². The van der Waals surface area contributed by atoms with Gasteiger partial charge in [-0.05, 0) is 36.5 Å². The molecule has 1 N–H and O–H groups in total. The molecule has 90 valence electrons. The summed E-state index contributed by atoms with van der Waals surface area (Å²) >= 11 is 6.19. The van der Waals surface area contributed by atoms with Crippen LogP contribution in [0, 0.1) is 6.92 Å². The Balaban J connectivity index is 3.42. The molecule has 0 bridgehead atoms. The van der Waals surface area contributed by atoms with Gasteiger partial charge in [-0.1, -0.05) is 25.4 Å². The van der Waals surface area contributed by atoms with Gasteiger partial charge in [-0.2, -0.15) is 0 Å². The number of halogens is 1. The molecular formula is C13H19ClO2. The second-order valence-electron chi connectivity index (χ2n) is 4.21. The molecule has 0 aromatic heterocycles. The van der Waals surface area contributed by atoms with Crippen molar-refractivity contribution >= 4 is 11.6 Å². The second-order valence-corrected chi connectivity index (χ2v) is 4.62. The number of methoxy groups -OCH3 is 1. The molecule has 1 aromatic carbocycles. The van der Waals surface area contributed by atoms with Crippen molar-refractivity contribution in [1.29, 1.82) is 0 Å². The monoisotopic (exact) mass is 242 g/mol. The summed E-state index contributed by atoms with van der Waals surface area (Å²) < 4.78 is 5.46. The highest BCUT2D eigenvalue weighted by Gasteiger charge is 2.16. The first-order chi connectivity index (χ1) is 7.52. The third kappa shape index (κ3) is 2.50. The molecule has 2 nitrogen and oxygen atoms in total. The summed E-state index contributed by atoms with van der Waals surface area (Å²) in [4.78, 5) is 0. The van der Waals surface area contributed by atoms with Crippen LogP contribution in [0.2, 0.25) is 5.02 Å². The molecule has 0 amide bonds. The minimum Gasteiger partial charge on any atom is -0.496 e. The molecule has 0 atom stereocenters. The Morgan fingerprint density at radius 1 is 1.44 bits per heavy atom. The summed E-state index contributed by atoms with van der Waals surface area (Å²) in [5, 5.41) is 9.83. The third-order valence-electron chi connectivity index (χ3n) is 2.82. The van der Waals surface area contributed by atoms with Gasteiger partial charge in [0.25, 0.3) is 0 Å². The fraction of sp³-hybridized carbons (Fsp3) is 0.538. The van der Waals surface area contributed by atoms with E-state index in [-0.39, 0.29) is 6.61 Å². The first-order valence-electron chi connectivity index (χ1n) is 5.49. The number of hydrogen-bond donors (Lipinski definition) is 1. The van der Waals surface area contributed by atoms with E-state index in [2.05, 4.69) is 13.8 Å². The van der Waals surface area contributed by atoms with E-state index in [1.807, 2.05) is 13.0 Å². The summed E-state index contributed by atoms with van der Waals surface area (Å²) in [5.41, 5.74) is 3.11. The van der Waals surface area contributed by atoms with E-state index >= 15 is 0 Å². The van der Waals surface area contributed by atoms with Gasteiger partial charge in [-0.25, -0.2) is 0 Å². The Morgan fingerprint density at radius 3 is 2.50 bits per heavy atom. The zero-order chi connectivity index (χ0) is 12.3. The molecule has 0 fully saturated rings. The zero-order valence-electron chi connectivity index (χ0n) is 10.3. The van der Waals surface area contributed by atoms with Crippen molar-refractivity contribution in [3.63, 3.8) is 0 Å². The molecule has 0 saturated heterocycles.